The van der Waals surface area contributed by atoms with Crippen LogP contribution in [0, 0.1) is 11.6 Å². The predicted octanol–water partition coefficient (Wildman–Crippen LogP) is 4.42. The van der Waals surface area contributed by atoms with Gasteiger partial charge in [-0.25, -0.2) is 22.2 Å². The molecule has 0 saturated carbocycles. The van der Waals surface area contributed by atoms with Crippen LogP contribution in [0.5, 0.6) is 5.75 Å². The van der Waals surface area contributed by atoms with E-state index >= 15 is 4.39 Å². The highest BCUT2D eigenvalue weighted by atomic mass is 32.2. The Labute approximate surface area is 225 Å². The number of pyridine rings is 1. The molecule has 12 heteroatoms. The summed E-state index contributed by atoms with van der Waals surface area (Å²) in [6.45, 7) is 2.93. The van der Waals surface area contributed by atoms with Gasteiger partial charge in [-0.05, 0) is 56.4 Å². The Hall–Kier alpha value is -3.90. The lowest BCUT2D eigenvalue weighted by Crippen LogP contribution is -2.19. The molecule has 2 aromatic carbocycles. The number of ketones is 1. The van der Waals surface area contributed by atoms with E-state index in [4.69, 9.17) is 4.74 Å². The highest BCUT2D eigenvalue weighted by Crippen LogP contribution is 2.29. The van der Waals surface area contributed by atoms with Crippen molar-refractivity contribution < 1.29 is 26.7 Å². The fourth-order valence-corrected chi connectivity index (χ4v) is 5.13. The number of benzene rings is 2. The third-order valence-electron chi connectivity index (χ3n) is 5.87. The van der Waals surface area contributed by atoms with Gasteiger partial charge in [-0.2, -0.15) is 5.10 Å². The Morgan fingerprint density at radius 1 is 1.15 bits per heavy atom. The molecule has 0 radical (unpaired) electrons. The van der Waals surface area contributed by atoms with Gasteiger partial charge >= 0.3 is 0 Å². The molecule has 2 N–H and O–H groups in total. The Morgan fingerprint density at radius 3 is 2.69 bits per heavy atom. The molecular formula is C27H29F2N5O4S. The van der Waals surface area contributed by atoms with Crippen LogP contribution < -0.4 is 9.46 Å². The quantitative estimate of drug-likeness (QED) is 0.248. The number of likely N-dealkylation sites (N-methyl/N-ethyl adjacent to an activating group) is 1. The van der Waals surface area contributed by atoms with Crippen LogP contribution in [-0.2, 0) is 16.4 Å². The number of hydrogen-bond donors (Lipinski definition) is 2. The van der Waals surface area contributed by atoms with Gasteiger partial charge in [-0.15, -0.1) is 0 Å². The number of fused-ring (bicyclic) bond motifs is 1. The molecule has 39 heavy (non-hydrogen) atoms. The molecule has 0 saturated heterocycles. The molecule has 0 spiro atoms. The number of aromatic nitrogens is 3. The smallest absolute Gasteiger partial charge is 0.232 e. The highest BCUT2D eigenvalue weighted by molar-refractivity contribution is 7.92. The van der Waals surface area contributed by atoms with Crippen molar-refractivity contribution in [1.82, 2.24) is 20.1 Å². The summed E-state index contributed by atoms with van der Waals surface area (Å²) in [6, 6.07) is 10.9. The summed E-state index contributed by atoms with van der Waals surface area (Å²) in [5.74, 6) is -2.76. The summed E-state index contributed by atoms with van der Waals surface area (Å²) in [4.78, 5) is 19.3. The van der Waals surface area contributed by atoms with Crippen molar-refractivity contribution in [3.05, 3.63) is 71.4 Å². The van der Waals surface area contributed by atoms with E-state index in [1.165, 1.54) is 6.20 Å². The van der Waals surface area contributed by atoms with Gasteiger partial charge in [0.2, 0.25) is 10.0 Å². The number of carbonyl (C=O) groups excluding carboxylic acids is 1. The van der Waals surface area contributed by atoms with Crippen molar-refractivity contribution in [3.63, 3.8) is 0 Å². The molecule has 0 unspecified atom stereocenters. The Balaban J connectivity index is 1.59. The molecule has 0 atom stereocenters. The SMILES string of the molecule is CCCS(=O)(=O)Nc1ccc(F)c(C(=O)Cc2cnc3n[nH]c(-c4cccc(OCCN(C)C)c4)c3c2)c1F. The number of rotatable bonds is 12. The first-order valence-corrected chi connectivity index (χ1v) is 14.0. The Morgan fingerprint density at radius 2 is 1.95 bits per heavy atom. The topological polar surface area (TPSA) is 117 Å². The molecule has 0 aliphatic carbocycles. The number of anilines is 1. The molecule has 206 valence electrons. The minimum atomic E-state index is -3.84. The number of sulfonamides is 1. The normalized spacial score (nSPS) is 11.7. The van der Waals surface area contributed by atoms with Crippen LogP contribution in [0.1, 0.15) is 29.3 Å². The summed E-state index contributed by atoms with van der Waals surface area (Å²) < 4.78 is 61.7. The lowest BCUT2D eigenvalue weighted by molar-refractivity contribution is 0.0985. The molecule has 0 aliphatic heterocycles. The molecule has 2 aromatic heterocycles. The van der Waals surface area contributed by atoms with E-state index in [0.29, 0.717) is 41.1 Å². The van der Waals surface area contributed by atoms with Crippen molar-refractivity contribution in [3.8, 4) is 17.0 Å². The highest BCUT2D eigenvalue weighted by Gasteiger charge is 2.23. The van der Waals surface area contributed by atoms with Crippen LogP contribution in [0.25, 0.3) is 22.3 Å². The number of Topliss-reactive ketones (excluding diaryl/α,β-unsaturated/α-hetero) is 1. The van der Waals surface area contributed by atoms with Gasteiger partial charge in [0.25, 0.3) is 0 Å². The van der Waals surface area contributed by atoms with Gasteiger partial charge < -0.3 is 9.64 Å². The van der Waals surface area contributed by atoms with Crippen LogP contribution >= 0.6 is 0 Å². The van der Waals surface area contributed by atoms with E-state index in [2.05, 4.69) is 19.9 Å². The molecule has 0 aliphatic rings. The maximum Gasteiger partial charge on any atom is 0.232 e. The summed E-state index contributed by atoms with van der Waals surface area (Å²) in [6.07, 6.45) is 1.36. The number of aromatic amines is 1. The largest absolute Gasteiger partial charge is 0.492 e. The van der Waals surface area contributed by atoms with Crippen molar-refractivity contribution >= 4 is 32.5 Å². The standard InChI is InChI=1S/C27H29F2N5O4S/c1-4-12-39(36,37)33-22-9-8-21(28)24(25(22)29)23(35)14-17-13-20-26(31-32-27(20)30-16-17)18-6-5-7-19(15-18)38-11-10-34(2)3/h5-9,13,15-16,33H,4,10-12,14H2,1-3H3,(H,30,31,32). The van der Waals surface area contributed by atoms with Gasteiger partial charge in [-0.1, -0.05) is 19.1 Å². The van der Waals surface area contributed by atoms with E-state index in [0.717, 1.165) is 24.2 Å². The van der Waals surface area contributed by atoms with Crippen LogP contribution in [0.4, 0.5) is 14.5 Å². The molecular weight excluding hydrogens is 528 g/mol. The maximum absolute atomic E-state index is 15.1. The van der Waals surface area contributed by atoms with Crippen molar-refractivity contribution in [2.45, 2.75) is 19.8 Å². The first-order chi connectivity index (χ1) is 18.6. The molecule has 0 bridgehead atoms. The number of hydrogen-bond acceptors (Lipinski definition) is 7. The molecule has 0 fully saturated rings. The maximum atomic E-state index is 15.1. The van der Waals surface area contributed by atoms with Crippen LogP contribution in [-0.4, -0.2) is 67.3 Å². The average molecular weight is 558 g/mol. The van der Waals surface area contributed by atoms with Gasteiger partial charge in [0, 0.05) is 30.1 Å². The van der Waals surface area contributed by atoms with E-state index < -0.39 is 38.7 Å². The lowest BCUT2D eigenvalue weighted by atomic mass is 10.0. The third-order valence-corrected chi connectivity index (χ3v) is 7.35. The zero-order valence-electron chi connectivity index (χ0n) is 21.8. The summed E-state index contributed by atoms with van der Waals surface area (Å²) in [7, 11) is 0.0791. The Bertz CT molecular complexity index is 1610. The number of carbonyl (C=O) groups is 1. The predicted molar refractivity (Wildman–Crippen MR) is 145 cm³/mol. The number of halogens is 2. The van der Waals surface area contributed by atoms with E-state index in [-0.39, 0.29) is 12.2 Å². The lowest BCUT2D eigenvalue weighted by Gasteiger charge is -2.12. The number of nitrogens with one attached hydrogen (secondary N) is 2. The fraction of sp³-hybridized carbons (Fsp3) is 0.296. The monoisotopic (exact) mass is 557 g/mol. The third kappa shape index (κ3) is 6.76. The first kappa shape index (κ1) is 28.1. The van der Waals surface area contributed by atoms with E-state index in [9.17, 15) is 17.6 Å². The molecule has 2 heterocycles. The Kier molecular flexibility index (Phi) is 8.56. The average Bonchev–Trinajstić information content (AvgIpc) is 3.29. The first-order valence-electron chi connectivity index (χ1n) is 12.3. The number of nitrogens with zero attached hydrogens (tertiary/aromatic N) is 3. The second-order valence-corrected chi connectivity index (χ2v) is 11.1. The zero-order valence-corrected chi connectivity index (χ0v) is 22.6. The van der Waals surface area contributed by atoms with Gasteiger partial charge in [-0.3, -0.25) is 14.6 Å². The number of ether oxygens (including phenoxy) is 1. The number of H-pyrrole nitrogens is 1. The van der Waals surface area contributed by atoms with Crippen LogP contribution in [0.2, 0.25) is 0 Å². The zero-order chi connectivity index (χ0) is 28.2. The van der Waals surface area contributed by atoms with E-state index in [1.807, 2.05) is 43.3 Å². The van der Waals surface area contributed by atoms with Crippen molar-refractivity contribution in [2.24, 2.45) is 0 Å². The van der Waals surface area contributed by atoms with Crippen molar-refractivity contribution in [2.75, 3.05) is 37.7 Å². The minimum Gasteiger partial charge on any atom is -0.492 e. The van der Waals surface area contributed by atoms with Gasteiger partial charge in [0.1, 0.15) is 18.2 Å². The summed E-state index contributed by atoms with van der Waals surface area (Å²) in [5.41, 5.74) is 0.950. The summed E-state index contributed by atoms with van der Waals surface area (Å²) in [5, 5.41) is 7.80. The molecule has 0 amide bonds. The minimum absolute atomic E-state index is 0.239. The second kappa shape index (κ2) is 11.9. The molecule has 4 rings (SSSR count). The van der Waals surface area contributed by atoms with Gasteiger partial charge in [0.15, 0.2) is 17.2 Å². The van der Waals surface area contributed by atoms with Crippen LogP contribution in [0.15, 0.2) is 48.7 Å². The van der Waals surface area contributed by atoms with Crippen LogP contribution in [0.3, 0.4) is 0 Å². The molecule has 4 aromatic rings. The van der Waals surface area contributed by atoms with E-state index in [1.54, 1.807) is 13.0 Å². The van der Waals surface area contributed by atoms with Crippen molar-refractivity contribution in [1.29, 1.82) is 0 Å². The second-order valence-electron chi connectivity index (χ2n) is 9.30. The fourth-order valence-electron chi connectivity index (χ4n) is 4.00. The van der Waals surface area contributed by atoms with Gasteiger partial charge in [0.05, 0.1) is 22.7 Å². The summed E-state index contributed by atoms with van der Waals surface area (Å²) >= 11 is 0. The molecule has 9 nitrogen and oxygen atoms in total.